The molecule has 0 saturated carbocycles. The highest BCUT2D eigenvalue weighted by Crippen LogP contribution is 2.36. The molecule has 1 atom stereocenters. The van der Waals surface area contributed by atoms with Gasteiger partial charge in [0.1, 0.15) is 5.82 Å². The van der Waals surface area contributed by atoms with Crippen LogP contribution >= 0.6 is 0 Å². The SMILES string of the molecule is CCn1cc(C2CC(=O)Nc3c2c(=O)[nH]n3C(C)C)c(C)n1. The maximum absolute atomic E-state index is 12.4. The van der Waals surface area contributed by atoms with Gasteiger partial charge in [-0.1, -0.05) is 0 Å². The molecule has 0 spiro atoms. The Morgan fingerprint density at radius 2 is 2.14 bits per heavy atom. The van der Waals surface area contributed by atoms with Crippen LogP contribution in [-0.4, -0.2) is 25.5 Å². The smallest absolute Gasteiger partial charge is 0.270 e. The van der Waals surface area contributed by atoms with E-state index in [9.17, 15) is 9.59 Å². The Balaban J connectivity index is 2.18. The molecule has 7 nitrogen and oxygen atoms in total. The van der Waals surface area contributed by atoms with E-state index >= 15 is 0 Å². The number of aromatic amines is 1. The first kappa shape index (κ1) is 14.6. The number of aryl methyl sites for hydroxylation is 2. The lowest BCUT2D eigenvalue weighted by molar-refractivity contribution is -0.116. The second-order valence-electron chi connectivity index (χ2n) is 6.00. The minimum atomic E-state index is -0.243. The molecule has 3 rings (SSSR count). The number of H-pyrrole nitrogens is 1. The van der Waals surface area contributed by atoms with Crippen LogP contribution in [0.15, 0.2) is 11.0 Å². The maximum atomic E-state index is 12.4. The van der Waals surface area contributed by atoms with Crippen LogP contribution in [0.25, 0.3) is 0 Å². The molecule has 0 bridgehead atoms. The maximum Gasteiger partial charge on any atom is 0.270 e. The lowest BCUT2D eigenvalue weighted by Crippen LogP contribution is -2.27. The molecule has 0 aromatic carbocycles. The molecule has 2 N–H and O–H groups in total. The summed E-state index contributed by atoms with van der Waals surface area (Å²) >= 11 is 0. The summed E-state index contributed by atoms with van der Waals surface area (Å²) in [6, 6.07) is 0.0648. The van der Waals surface area contributed by atoms with E-state index in [1.165, 1.54) is 0 Å². The average Bonchev–Trinajstić information content (AvgIpc) is 2.99. The number of hydrogen-bond acceptors (Lipinski definition) is 3. The highest BCUT2D eigenvalue weighted by atomic mass is 16.2. The second-order valence-corrected chi connectivity index (χ2v) is 6.00. The van der Waals surface area contributed by atoms with Crippen molar-refractivity contribution in [3.05, 3.63) is 33.4 Å². The summed E-state index contributed by atoms with van der Waals surface area (Å²) in [7, 11) is 0. The van der Waals surface area contributed by atoms with E-state index in [2.05, 4.69) is 15.5 Å². The van der Waals surface area contributed by atoms with Crippen molar-refractivity contribution in [1.29, 1.82) is 0 Å². The number of nitrogens with one attached hydrogen (secondary N) is 2. The summed E-state index contributed by atoms with van der Waals surface area (Å²) in [4.78, 5) is 24.5. The molecule has 2 aromatic heterocycles. The number of carbonyl (C=O) groups is 1. The predicted octanol–water partition coefficient (Wildman–Crippen LogP) is 1.76. The molecular weight excluding hydrogens is 282 g/mol. The first-order valence-electron chi connectivity index (χ1n) is 7.60. The summed E-state index contributed by atoms with van der Waals surface area (Å²) in [5.41, 5.74) is 2.30. The van der Waals surface area contributed by atoms with Gasteiger partial charge in [0.2, 0.25) is 5.91 Å². The summed E-state index contributed by atoms with van der Waals surface area (Å²) in [5, 5.41) is 10.1. The van der Waals surface area contributed by atoms with Gasteiger partial charge in [-0.3, -0.25) is 24.1 Å². The summed E-state index contributed by atoms with van der Waals surface area (Å²) in [6.07, 6.45) is 2.21. The topological polar surface area (TPSA) is 84.7 Å². The zero-order chi connectivity index (χ0) is 16.0. The van der Waals surface area contributed by atoms with Gasteiger partial charge in [0.25, 0.3) is 5.56 Å². The normalized spacial score (nSPS) is 17.7. The molecule has 1 aliphatic rings. The molecule has 0 radical (unpaired) electrons. The van der Waals surface area contributed by atoms with E-state index in [-0.39, 0.29) is 29.8 Å². The number of anilines is 1. The third kappa shape index (κ3) is 2.17. The van der Waals surface area contributed by atoms with Gasteiger partial charge in [-0.05, 0) is 27.7 Å². The van der Waals surface area contributed by atoms with Gasteiger partial charge in [0.15, 0.2) is 0 Å². The fourth-order valence-electron chi connectivity index (χ4n) is 3.07. The first-order chi connectivity index (χ1) is 10.4. The number of amides is 1. The number of nitrogens with zero attached hydrogens (tertiary/aromatic N) is 3. The molecule has 0 aliphatic carbocycles. The molecule has 0 fully saturated rings. The third-order valence-electron chi connectivity index (χ3n) is 4.16. The van der Waals surface area contributed by atoms with Crippen molar-refractivity contribution in [2.75, 3.05) is 5.32 Å². The van der Waals surface area contributed by atoms with Crippen molar-refractivity contribution in [2.45, 2.75) is 52.6 Å². The van der Waals surface area contributed by atoms with Gasteiger partial charge < -0.3 is 5.32 Å². The van der Waals surface area contributed by atoms with Crippen LogP contribution in [0, 0.1) is 6.92 Å². The quantitative estimate of drug-likeness (QED) is 0.906. The van der Waals surface area contributed by atoms with Gasteiger partial charge in [-0.25, -0.2) is 0 Å². The van der Waals surface area contributed by atoms with Crippen LogP contribution < -0.4 is 10.9 Å². The summed E-state index contributed by atoms with van der Waals surface area (Å²) < 4.78 is 3.56. The molecule has 0 saturated heterocycles. The molecule has 22 heavy (non-hydrogen) atoms. The van der Waals surface area contributed by atoms with Gasteiger partial charge in [-0.2, -0.15) is 5.10 Å². The predicted molar refractivity (Wildman–Crippen MR) is 83.2 cm³/mol. The molecular formula is C15H21N5O2. The van der Waals surface area contributed by atoms with E-state index in [1.807, 2.05) is 38.6 Å². The zero-order valence-corrected chi connectivity index (χ0v) is 13.3. The van der Waals surface area contributed by atoms with Crippen molar-refractivity contribution in [3.63, 3.8) is 0 Å². The monoisotopic (exact) mass is 303 g/mol. The molecule has 1 unspecified atom stereocenters. The zero-order valence-electron chi connectivity index (χ0n) is 13.3. The van der Waals surface area contributed by atoms with Gasteiger partial charge in [0, 0.05) is 36.7 Å². The average molecular weight is 303 g/mol. The number of hydrogen-bond donors (Lipinski definition) is 2. The third-order valence-corrected chi connectivity index (χ3v) is 4.16. The van der Waals surface area contributed by atoms with Crippen LogP contribution in [0.3, 0.4) is 0 Å². The Bertz CT molecular complexity index is 780. The van der Waals surface area contributed by atoms with Crippen molar-refractivity contribution >= 4 is 11.7 Å². The second kappa shape index (κ2) is 5.15. The molecule has 1 aliphatic heterocycles. The fourth-order valence-corrected chi connectivity index (χ4v) is 3.07. The number of rotatable bonds is 3. The lowest BCUT2D eigenvalue weighted by atomic mass is 9.87. The Morgan fingerprint density at radius 3 is 2.73 bits per heavy atom. The van der Waals surface area contributed by atoms with E-state index in [0.717, 1.165) is 17.8 Å². The van der Waals surface area contributed by atoms with Crippen molar-refractivity contribution < 1.29 is 4.79 Å². The van der Waals surface area contributed by atoms with Gasteiger partial charge >= 0.3 is 0 Å². The van der Waals surface area contributed by atoms with Crippen LogP contribution in [0.1, 0.15) is 56.0 Å². The highest BCUT2D eigenvalue weighted by Gasteiger charge is 2.34. The number of carbonyl (C=O) groups excluding carboxylic acids is 1. The molecule has 7 heteroatoms. The molecule has 3 heterocycles. The highest BCUT2D eigenvalue weighted by molar-refractivity contribution is 5.94. The van der Waals surface area contributed by atoms with Crippen molar-refractivity contribution in [2.24, 2.45) is 0 Å². The summed E-state index contributed by atoms with van der Waals surface area (Å²) in [5.74, 6) is 0.271. The fraction of sp³-hybridized carbons (Fsp3) is 0.533. The Hall–Kier alpha value is -2.31. The van der Waals surface area contributed by atoms with Crippen molar-refractivity contribution in [1.82, 2.24) is 19.6 Å². The molecule has 2 aromatic rings. The van der Waals surface area contributed by atoms with Crippen LogP contribution in [0.5, 0.6) is 0 Å². The van der Waals surface area contributed by atoms with E-state index in [0.29, 0.717) is 11.4 Å². The summed E-state index contributed by atoms with van der Waals surface area (Å²) in [6.45, 7) is 8.62. The van der Waals surface area contributed by atoms with Gasteiger partial charge in [0.05, 0.1) is 11.3 Å². The van der Waals surface area contributed by atoms with E-state index < -0.39 is 0 Å². The lowest BCUT2D eigenvalue weighted by Gasteiger charge is -2.23. The minimum Gasteiger partial charge on any atom is -0.311 e. The number of fused-ring (bicyclic) bond motifs is 1. The van der Waals surface area contributed by atoms with Gasteiger partial charge in [-0.15, -0.1) is 0 Å². The van der Waals surface area contributed by atoms with Crippen LogP contribution in [0.4, 0.5) is 5.82 Å². The molecule has 118 valence electrons. The van der Waals surface area contributed by atoms with Crippen molar-refractivity contribution in [3.8, 4) is 0 Å². The largest absolute Gasteiger partial charge is 0.311 e. The Kier molecular flexibility index (Phi) is 3.42. The first-order valence-corrected chi connectivity index (χ1v) is 7.60. The Morgan fingerprint density at radius 1 is 1.41 bits per heavy atom. The standard InChI is InChI=1S/C15H21N5O2/c1-5-19-7-11(9(4)17-19)10-6-12(21)16-14-13(10)15(22)18-20(14)8(2)3/h7-8,10H,5-6H2,1-4H3,(H,16,21)(H,18,22). The minimum absolute atomic E-state index is 0.0648. The van der Waals surface area contributed by atoms with Crippen LogP contribution in [-0.2, 0) is 11.3 Å². The molecule has 1 amide bonds. The van der Waals surface area contributed by atoms with Crippen LogP contribution in [0.2, 0.25) is 0 Å². The Labute approximate surface area is 128 Å². The van der Waals surface area contributed by atoms with E-state index in [1.54, 1.807) is 4.68 Å². The van der Waals surface area contributed by atoms with E-state index in [4.69, 9.17) is 0 Å². The number of aromatic nitrogens is 4.